The van der Waals surface area contributed by atoms with Crippen LogP contribution in [-0.2, 0) is 0 Å². The van der Waals surface area contributed by atoms with E-state index in [9.17, 15) is 14.7 Å². The number of carboxylic acids is 1. The lowest BCUT2D eigenvalue weighted by Gasteiger charge is -2.30. The number of hydrogen-bond donors (Lipinski definition) is 2. The highest BCUT2D eigenvalue weighted by Crippen LogP contribution is 2.22. The van der Waals surface area contributed by atoms with E-state index in [1.165, 1.54) is 0 Å². The van der Waals surface area contributed by atoms with Crippen molar-refractivity contribution < 1.29 is 14.7 Å². The number of carbonyl (C=O) groups excluding carboxylic acids is 1. The number of nitrogens with zero attached hydrogens (tertiary/aromatic N) is 1. The van der Waals surface area contributed by atoms with E-state index in [-0.39, 0.29) is 11.6 Å². The smallest absolute Gasteiger partial charge is 0.338 e. The Balaban J connectivity index is 2.15. The van der Waals surface area contributed by atoms with Crippen molar-refractivity contribution in [2.24, 2.45) is 0 Å². The maximum atomic E-state index is 12.2. The summed E-state index contributed by atoms with van der Waals surface area (Å²) in [6.07, 6.45) is 0. The van der Waals surface area contributed by atoms with Gasteiger partial charge >= 0.3 is 12.0 Å². The molecule has 1 aromatic rings. The van der Waals surface area contributed by atoms with E-state index >= 15 is 0 Å². The van der Waals surface area contributed by atoms with Gasteiger partial charge in [0.25, 0.3) is 0 Å². The zero-order valence-electron chi connectivity index (χ0n) is 11.5. The van der Waals surface area contributed by atoms with Crippen molar-refractivity contribution in [3.8, 4) is 0 Å². The quantitative estimate of drug-likeness (QED) is 0.880. The van der Waals surface area contributed by atoms with Crippen LogP contribution in [0.15, 0.2) is 18.2 Å². The van der Waals surface area contributed by atoms with E-state index in [2.05, 4.69) is 12.2 Å². The van der Waals surface area contributed by atoms with Crippen molar-refractivity contribution >= 4 is 29.4 Å². The molecule has 108 valence electrons. The maximum absolute atomic E-state index is 12.2. The Morgan fingerprint density at radius 3 is 2.85 bits per heavy atom. The Morgan fingerprint density at radius 1 is 1.45 bits per heavy atom. The molecule has 1 aliphatic heterocycles. The average molecular weight is 294 g/mol. The van der Waals surface area contributed by atoms with Crippen molar-refractivity contribution in [1.29, 1.82) is 0 Å². The van der Waals surface area contributed by atoms with Crippen LogP contribution in [0.4, 0.5) is 10.5 Å². The molecule has 0 aromatic heterocycles. The molecule has 2 rings (SSSR count). The molecule has 0 radical (unpaired) electrons. The van der Waals surface area contributed by atoms with Crippen LogP contribution in [0.2, 0.25) is 0 Å². The minimum Gasteiger partial charge on any atom is -0.478 e. The molecule has 1 fully saturated rings. The van der Waals surface area contributed by atoms with Gasteiger partial charge in [0, 0.05) is 24.1 Å². The molecule has 1 aromatic carbocycles. The second kappa shape index (κ2) is 6.17. The van der Waals surface area contributed by atoms with Crippen molar-refractivity contribution in [1.82, 2.24) is 4.90 Å². The Kier molecular flexibility index (Phi) is 4.54. The number of carbonyl (C=O) groups is 2. The summed E-state index contributed by atoms with van der Waals surface area (Å²) in [5.74, 6) is -0.116. The standard InChI is InChI=1S/C14H18N2O3S/c1-9-4-3-5-11(12(9)13(17)18)15-14(19)16-6-7-20-10(2)8-16/h3-5,10H,6-8H2,1-2H3,(H,15,19)(H,17,18). The van der Waals surface area contributed by atoms with Crippen LogP contribution in [0, 0.1) is 6.92 Å². The summed E-state index contributed by atoms with van der Waals surface area (Å²) in [7, 11) is 0. The predicted octanol–water partition coefficient (Wildman–Crippen LogP) is 2.66. The highest BCUT2D eigenvalue weighted by atomic mass is 32.2. The van der Waals surface area contributed by atoms with Gasteiger partial charge < -0.3 is 15.3 Å². The molecule has 1 heterocycles. The Morgan fingerprint density at radius 2 is 2.20 bits per heavy atom. The molecule has 5 nitrogen and oxygen atoms in total. The first-order valence-electron chi connectivity index (χ1n) is 6.49. The van der Waals surface area contributed by atoms with Gasteiger partial charge in [0.15, 0.2) is 0 Å². The molecule has 0 spiro atoms. The van der Waals surface area contributed by atoms with Gasteiger partial charge in [0.05, 0.1) is 11.3 Å². The zero-order valence-corrected chi connectivity index (χ0v) is 12.4. The summed E-state index contributed by atoms with van der Waals surface area (Å²) in [4.78, 5) is 25.2. The van der Waals surface area contributed by atoms with Gasteiger partial charge in [-0.1, -0.05) is 19.1 Å². The highest BCUT2D eigenvalue weighted by Gasteiger charge is 2.23. The van der Waals surface area contributed by atoms with Crippen LogP contribution in [0.3, 0.4) is 0 Å². The van der Waals surface area contributed by atoms with Crippen molar-refractivity contribution in [3.63, 3.8) is 0 Å². The number of benzene rings is 1. The fourth-order valence-electron chi connectivity index (χ4n) is 2.25. The second-order valence-electron chi connectivity index (χ2n) is 4.86. The first kappa shape index (κ1) is 14.7. The maximum Gasteiger partial charge on any atom is 0.338 e. The first-order chi connectivity index (χ1) is 9.49. The van der Waals surface area contributed by atoms with Crippen molar-refractivity contribution in [2.45, 2.75) is 19.1 Å². The van der Waals surface area contributed by atoms with Crippen LogP contribution in [0.1, 0.15) is 22.8 Å². The summed E-state index contributed by atoms with van der Waals surface area (Å²) in [6.45, 7) is 5.18. The lowest BCUT2D eigenvalue weighted by molar-refractivity contribution is 0.0697. The molecular formula is C14H18N2O3S. The number of urea groups is 1. The number of aromatic carboxylic acids is 1. The molecule has 2 amide bonds. The lowest BCUT2D eigenvalue weighted by Crippen LogP contribution is -2.43. The van der Waals surface area contributed by atoms with Gasteiger partial charge in [-0.05, 0) is 18.6 Å². The average Bonchev–Trinajstić information content (AvgIpc) is 2.38. The third-order valence-electron chi connectivity index (χ3n) is 3.26. The molecule has 2 N–H and O–H groups in total. The predicted molar refractivity (Wildman–Crippen MR) is 80.7 cm³/mol. The normalized spacial score (nSPS) is 18.7. The van der Waals surface area contributed by atoms with Crippen LogP contribution >= 0.6 is 11.8 Å². The summed E-state index contributed by atoms with van der Waals surface area (Å²) in [6, 6.07) is 4.85. The number of anilines is 1. The van der Waals surface area contributed by atoms with Gasteiger partial charge in [-0.3, -0.25) is 0 Å². The van der Waals surface area contributed by atoms with Gasteiger partial charge in [0.2, 0.25) is 0 Å². The van der Waals surface area contributed by atoms with E-state index in [1.807, 2.05) is 11.8 Å². The molecule has 6 heteroatoms. The Labute approximate surface area is 122 Å². The van der Waals surface area contributed by atoms with Crippen LogP contribution in [-0.4, -0.2) is 46.1 Å². The topological polar surface area (TPSA) is 69.6 Å². The van der Waals surface area contributed by atoms with Gasteiger partial charge in [-0.2, -0.15) is 11.8 Å². The monoisotopic (exact) mass is 294 g/mol. The molecule has 1 saturated heterocycles. The van der Waals surface area contributed by atoms with Crippen LogP contribution in [0.5, 0.6) is 0 Å². The number of rotatable bonds is 2. The van der Waals surface area contributed by atoms with E-state index in [1.54, 1.807) is 30.0 Å². The molecule has 1 atom stereocenters. The molecular weight excluding hydrogens is 276 g/mol. The molecule has 0 aliphatic carbocycles. The SMILES string of the molecule is Cc1cccc(NC(=O)N2CCSC(C)C2)c1C(=O)O. The largest absolute Gasteiger partial charge is 0.478 e. The van der Waals surface area contributed by atoms with Gasteiger partial charge in [-0.15, -0.1) is 0 Å². The van der Waals surface area contributed by atoms with E-state index in [0.29, 0.717) is 29.6 Å². The summed E-state index contributed by atoms with van der Waals surface area (Å²) in [5, 5.41) is 12.4. The van der Waals surface area contributed by atoms with Crippen LogP contribution < -0.4 is 5.32 Å². The molecule has 1 aliphatic rings. The third-order valence-corrected chi connectivity index (χ3v) is 4.39. The summed E-state index contributed by atoms with van der Waals surface area (Å²) >= 11 is 1.84. The van der Waals surface area contributed by atoms with Crippen LogP contribution in [0.25, 0.3) is 0 Å². The Hall–Kier alpha value is -1.69. The molecule has 0 saturated carbocycles. The highest BCUT2D eigenvalue weighted by molar-refractivity contribution is 7.99. The third kappa shape index (κ3) is 3.25. The zero-order chi connectivity index (χ0) is 14.7. The van der Waals surface area contributed by atoms with E-state index < -0.39 is 5.97 Å². The number of thioether (sulfide) groups is 1. The minimum atomic E-state index is -1.03. The van der Waals surface area contributed by atoms with E-state index in [4.69, 9.17) is 0 Å². The van der Waals surface area contributed by atoms with Crippen molar-refractivity contribution in [3.05, 3.63) is 29.3 Å². The molecule has 1 unspecified atom stereocenters. The summed E-state index contributed by atoms with van der Waals surface area (Å²) in [5.41, 5.74) is 1.14. The fourth-order valence-corrected chi connectivity index (χ4v) is 3.27. The van der Waals surface area contributed by atoms with Gasteiger partial charge in [-0.25, -0.2) is 9.59 Å². The van der Waals surface area contributed by atoms with Crippen molar-refractivity contribution in [2.75, 3.05) is 24.2 Å². The number of carboxylic acid groups (broad SMARTS) is 1. The number of amides is 2. The molecule has 0 bridgehead atoms. The lowest BCUT2D eigenvalue weighted by atomic mass is 10.1. The minimum absolute atomic E-state index is 0.153. The second-order valence-corrected chi connectivity index (χ2v) is 6.41. The molecule has 20 heavy (non-hydrogen) atoms. The van der Waals surface area contributed by atoms with Gasteiger partial charge in [0.1, 0.15) is 0 Å². The van der Waals surface area contributed by atoms with E-state index in [0.717, 1.165) is 5.75 Å². The number of aryl methyl sites for hydroxylation is 1. The fraction of sp³-hybridized carbons (Fsp3) is 0.429. The number of nitrogens with one attached hydrogen (secondary N) is 1. The first-order valence-corrected chi connectivity index (χ1v) is 7.54. The Bertz CT molecular complexity index is 533. The number of hydrogen-bond acceptors (Lipinski definition) is 3. The summed E-state index contributed by atoms with van der Waals surface area (Å²) < 4.78 is 0.